The molecule has 4 aromatic rings. The summed E-state index contributed by atoms with van der Waals surface area (Å²) in [6, 6.07) is 11.8. The summed E-state index contributed by atoms with van der Waals surface area (Å²) in [4.78, 5) is 7.87. The highest BCUT2D eigenvalue weighted by Crippen LogP contribution is 2.38. The van der Waals surface area contributed by atoms with Gasteiger partial charge >= 0.3 is 0 Å². The molecule has 1 N–H and O–H groups in total. The maximum Gasteiger partial charge on any atom is 0.137 e. The number of halogens is 2. The summed E-state index contributed by atoms with van der Waals surface area (Å²) in [5.41, 5.74) is -0.979. The first kappa shape index (κ1) is 18.9. The monoisotopic (exact) mass is 396 g/mol. The van der Waals surface area contributed by atoms with Gasteiger partial charge in [0.2, 0.25) is 0 Å². The molecule has 2 aromatic carbocycles. The Morgan fingerprint density at radius 3 is 2.38 bits per heavy atom. The summed E-state index contributed by atoms with van der Waals surface area (Å²) in [7, 11) is 0. The van der Waals surface area contributed by atoms with Gasteiger partial charge < -0.3 is 5.11 Å². The van der Waals surface area contributed by atoms with Crippen molar-refractivity contribution in [1.29, 1.82) is 0 Å². The van der Waals surface area contributed by atoms with Crippen LogP contribution in [0.3, 0.4) is 0 Å². The fourth-order valence-corrected chi connectivity index (χ4v) is 3.47. The van der Waals surface area contributed by atoms with Gasteiger partial charge in [0.05, 0.1) is 12.6 Å². The second-order valence-corrected chi connectivity index (χ2v) is 6.72. The third kappa shape index (κ3) is 3.90. The largest absolute Gasteiger partial charge is 0.381 e. The van der Waals surface area contributed by atoms with Crippen LogP contribution in [0, 0.1) is 11.6 Å². The van der Waals surface area contributed by atoms with Crippen molar-refractivity contribution in [1.82, 2.24) is 29.5 Å². The van der Waals surface area contributed by atoms with Gasteiger partial charge in [-0.2, -0.15) is 10.2 Å². The standard InChI is InChI=1S/C20H18F2N6O/c21-16-6-7-17(18(22)9-16)20(29,10-27-13-23-11-25-27)19(28-14-24-12-26-28)8-15-4-2-1-3-5-15/h1-7,9,11-14,19,29H,8,10H2. The van der Waals surface area contributed by atoms with E-state index in [4.69, 9.17) is 0 Å². The topological polar surface area (TPSA) is 81.6 Å². The Hall–Kier alpha value is -3.46. The zero-order valence-electron chi connectivity index (χ0n) is 15.3. The van der Waals surface area contributed by atoms with Gasteiger partial charge in [0.1, 0.15) is 42.5 Å². The Kier molecular flexibility index (Phi) is 5.13. The quantitative estimate of drug-likeness (QED) is 0.519. The van der Waals surface area contributed by atoms with Crippen LogP contribution in [0.4, 0.5) is 8.78 Å². The molecule has 9 heteroatoms. The van der Waals surface area contributed by atoms with E-state index >= 15 is 0 Å². The number of hydrogen-bond donors (Lipinski definition) is 1. The van der Waals surface area contributed by atoms with E-state index in [9.17, 15) is 13.9 Å². The average Bonchev–Trinajstić information content (AvgIpc) is 3.41. The van der Waals surface area contributed by atoms with Crippen LogP contribution in [-0.2, 0) is 18.6 Å². The molecule has 0 saturated carbocycles. The molecule has 0 amide bonds. The number of aromatic nitrogens is 6. The van der Waals surface area contributed by atoms with Gasteiger partial charge in [-0.15, -0.1) is 0 Å². The van der Waals surface area contributed by atoms with E-state index in [1.165, 1.54) is 40.7 Å². The summed E-state index contributed by atoms with van der Waals surface area (Å²) < 4.78 is 31.3. The Balaban J connectivity index is 1.85. The fraction of sp³-hybridized carbons (Fsp3) is 0.200. The average molecular weight is 396 g/mol. The van der Waals surface area contributed by atoms with Crippen molar-refractivity contribution in [3.63, 3.8) is 0 Å². The molecule has 0 bridgehead atoms. The van der Waals surface area contributed by atoms with Crippen LogP contribution in [0.5, 0.6) is 0 Å². The third-order valence-electron chi connectivity index (χ3n) is 4.85. The fourth-order valence-electron chi connectivity index (χ4n) is 3.47. The van der Waals surface area contributed by atoms with E-state index < -0.39 is 23.3 Å². The summed E-state index contributed by atoms with van der Waals surface area (Å²) in [5, 5.41) is 20.1. The second kappa shape index (κ2) is 7.88. The highest BCUT2D eigenvalue weighted by Gasteiger charge is 2.43. The van der Waals surface area contributed by atoms with Crippen LogP contribution in [0.1, 0.15) is 17.2 Å². The Morgan fingerprint density at radius 1 is 0.966 bits per heavy atom. The maximum atomic E-state index is 14.8. The lowest BCUT2D eigenvalue weighted by molar-refractivity contribution is -0.0435. The van der Waals surface area contributed by atoms with Crippen LogP contribution in [0.15, 0.2) is 73.8 Å². The zero-order valence-corrected chi connectivity index (χ0v) is 15.3. The van der Waals surface area contributed by atoms with E-state index in [2.05, 4.69) is 20.2 Å². The number of nitrogens with zero attached hydrogens (tertiary/aromatic N) is 6. The molecular weight excluding hydrogens is 378 g/mol. The minimum Gasteiger partial charge on any atom is -0.381 e. The van der Waals surface area contributed by atoms with Gasteiger partial charge in [0.15, 0.2) is 0 Å². The molecule has 2 heterocycles. The first-order valence-electron chi connectivity index (χ1n) is 8.94. The lowest BCUT2D eigenvalue weighted by Crippen LogP contribution is -2.43. The molecule has 2 atom stereocenters. The normalized spacial score (nSPS) is 14.4. The summed E-state index contributed by atoms with van der Waals surface area (Å²) in [6.45, 7) is -0.118. The third-order valence-corrected chi connectivity index (χ3v) is 4.85. The lowest BCUT2D eigenvalue weighted by atomic mass is 9.82. The molecule has 148 valence electrons. The van der Waals surface area contributed by atoms with Gasteiger partial charge in [0.25, 0.3) is 0 Å². The van der Waals surface area contributed by atoms with Crippen molar-refractivity contribution in [3.05, 3.63) is 96.6 Å². The molecule has 0 aliphatic rings. The van der Waals surface area contributed by atoms with Gasteiger partial charge in [0, 0.05) is 11.6 Å². The molecule has 4 rings (SSSR count). The van der Waals surface area contributed by atoms with Gasteiger partial charge in [-0.1, -0.05) is 36.4 Å². The van der Waals surface area contributed by atoms with Crippen LogP contribution in [-0.4, -0.2) is 34.6 Å². The first-order valence-corrected chi connectivity index (χ1v) is 8.94. The van der Waals surface area contributed by atoms with Crippen LogP contribution in [0.25, 0.3) is 0 Å². The molecule has 0 aliphatic carbocycles. The maximum absolute atomic E-state index is 14.8. The smallest absolute Gasteiger partial charge is 0.137 e. The minimum atomic E-state index is -1.82. The summed E-state index contributed by atoms with van der Waals surface area (Å²) in [5.74, 6) is -1.58. The molecule has 0 aliphatic heterocycles. The van der Waals surface area contributed by atoms with Crippen LogP contribution >= 0.6 is 0 Å². The van der Waals surface area contributed by atoms with E-state index in [-0.39, 0.29) is 12.1 Å². The van der Waals surface area contributed by atoms with E-state index in [1.807, 2.05) is 30.3 Å². The zero-order chi connectivity index (χ0) is 20.3. The predicted octanol–water partition coefficient (Wildman–Crippen LogP) is 2.52. The van der Waals surface area contributed by atoms with E-state index in [0.29, 0.717) is 6.42 Å². The molecule has 0 spiro atoms. The van der Waals surface area contributed by atoms with Gasteiger partial charge in [-0.3, -0.25) is 0 Å². The molecule has 0 radical (unpaired) electrons. The summed E-state index contributed by atoms with van der Waals surface area (Å²) in [6.07, 6.45) is 5.87. The molecule has 29 heavy (non-hydrogen) atoms. The van der Waals surface area contributed by atoms with Gasteiger partial charge in [-0.05, 0) is 18.1 Å². The Labute approximate surface area is 165 Å². The number of benzene rings is 2. The van der Waals surface area contributed by atoms with Crippen molar-refractivity contribution in [2.75, 3.05) is 0 Å². The molecule has 0 fully saturated rings. The van der Waals surface area contributed by atoms with E-state index in [0.717, 1.165) is 17.7 Å². The van der Waals surface area contributed by atoms with Crippen LogP contribution < -0.4 is 0 Å². The predicted molar refractivity (Wildman–Crippen MR) is 99.5 cm³/mol. The molecular formula is C20H18F2N6O. The number of rotatable bonds is 7. The number of aliphatic hydroxyl groups is 1. The molecule has 2 unspecified atom stereocenters. The number of hydrogen-bond acceptors (Lipinski definition) is 5. The van der Waals surface area contributed by atoms with E-state index in [1.54, 1.807) is 0 Å². The van der Waals surface area contributed by atoms with Crippen molar-refractivity contribution < 1.29 is 13.9 Å². The molecule has 0 saturated heterocycles. The Bertz CT molecular complexity index is 1060. The minimum absolute atomic E-state index is 0.0640. The first-order chi connectivity index (χ1) is 14.1. The highest BCUT2D eigenvalue weighted by molar-refractivity contribution is 5.28. The Morgan fingerprint density at radius 2 is 1.72 bits per heavy atom. The van der Waals surface area contributed by atoms with Gasteiger partial charge in [-0.25, -0.2) is 28.1 Å². The second-order valence-electron chi connectivity index (χ2n) is 6.72. The van der Waals surface area contributed by atoms with Crippen molar-refractivity contribution >= 4 is 0 Å². The molecule has 2 aromatic heterocycles. The van der Waals surface area contributed by atoms with Crippen LogP contribution in [0.2, 0.25) is 0 Å². The van der Waals surface area contributed by atoms with Crippen molar-refractivity contribution in [3.8, 4) is 0 Å². The molecule has 7 nitrogen and oxygen atoms in total. The highest BCUT2D eigenvalue weighted by atomic mass is 19.1. The van der Waals surface area contributed by atoms with Crippen molar-refractivity contribution in [2.45, 2.75) is 24.6 Å². The lowest BCUT2D eigenvalue weighted by Gasteiger charge is -2.36. The van der Waals surface area contributed by atoms with Crippen molar-refractivity contribution in [2.24, 2.45) is 0 Å². The summed E-state index contributed by atoms with van der Waals surface area (Å²) >= 11 is 0. The SMILES string of the molecule is OC(Cn1cncn1)(c1ccc(F)cc1F)C(Cc1ccccc1)n1cncn1.